The Bertz CT molecular complexity index is 424. The minimum atomic E-state index is -0.121. The Kier molecular flexibility index (Phi) is 3.06. The van der Waals surface area contributed by atoms with E-state index in [2.05, 4.69) is 39.8 Å². The van der Waals surface area contributed by atoms with Gasteiger partial charge in [0.1, 0.15) is 0 Å². The fourth-order valence-electron chi connectivity index (χ4n) is 2.84. The molecule has 0 unspecified atom stereocenters. The van der Waals surface area contributed by atoms with Crippen LogP contribution in [0.2, 0.25) is 0 Å². The Labute approximate surface area is 107 Å². The molecular weight excluding hydrogens is 226 g/mol. The average Bonchev–Trinajstić information content (AvgIpc) is 2.75. The summed E-state index contributed by atoms with van der Waals surface area (Å²) in [6, 6.07) is 10.5. The van der Waals surface area contributed by atoms with Crippen molar-refractivity contribution < 1.29 is 4.79 Å². The molecule has 1 amide bonds. The average molecular weight is 245 g/mol. The van der Waals surface area contributed by atoms with Gasteiger partial charge >= 0.3 is 0 Å². The summed E-state index contributed by atoms with van der Waals surface area (Å²) in [4.78, 5) is 13.8. The molecule has 3 rings (SSSR count). The number of piperidine rings is 1. The van der Waals surface area contributed by atoms with E-state index < -0.39 is 0 Å². The van der Waals surface area contributed by atoms with Crippen LogP contribution in [0.1, 0.15) is 18.4 Å². The summed E-state index contributed by atoms with van der Waals surface area (Å²) in [5.41, 5.74) is 1.24. The maximum atomic E-state index is 11.3. The molecule has 1 aromatic rings. The van der Waals surface area contributed by atoms with Crippen molar-refractivity contribution in [2.45, 2.75) is 25.0 Å². The molecule has 2 heterocycles. The Morgan fingerprint density at radius 1 is 1.17 bits per heavy atom. The highest BCUT2D eigenvalue weighted by Crippen LogP contribution is 2.23. The number of carbonyl (C=O) groups excluding carboxylic acids is 1. The first-order valence-corrected chi connectivity index (χ1v) is 6.58. The van der Waals surface area contributed by atoms with E-state index in [9.17, 15) is 4.79 Å². The minimum Gasteiger partial charge on any atom is -0.337 e. The predicted molar refractivity (Wildman–Crippen MR) is 69.8 cm³/mol. The van der Waals surface area contributed by atoms with Gasteiger partial charge in [0.05, 0.1) is 12.2 Å². The second-order valence-electron chi connectivity index (χ2n) is 5.25. The van der Waals surface area contributed by atoms with E-state index >= 15 is 0 Å². The van der Waals surface area contributed by atoms with Gasteiger partial charge in [0.25, 0.3) is 0 Å². The van der Waals surface area contributed by atoms with Crippen molar-refractivity contribution in [1.29, 1.82) is 0 Å². The van der Waals surface area contributed by atoms with Gasteiger partial charge in [-0.2, -0.15) is 0 Å². The Morgan fingerprint density at radius 3 is 2.50 bits per heavy atom. The van der Waals surface area contributed by atoms with Crippen LogP contribution in [0.5, 0.6) is 0 Å². The highest BCUT2D eigenvalue weighted by atomic mass is 16.2. The van der Waals surface area contributed by atoms with Crippen molar-refractivity contribution in [2.24, 2.45) is 0 Å². The third kappa shape index (κ3) is 2.40. The molecule has 0 atom stereocenters. The summed E-state index contributed by atoms with van der Waals surface area (Å²) in [7, 11) is 0. The van der Waals surface area contributed by atoms with Crippen LogP contribution in [0.15, 0.2) is 30.3 Å². The van der Waals surface area contributed by atoms with Gasteiger partial charge in [-0.25, -0.2) is 0 Å². The molecular formula is C14H19N3O. The maximum Gasteiger partial charge on any atom is 0.235 e. The van der Waals surface area contributed by atoms with Gasteiger partial charge in [0, 0.05) is 19.6 Å². The number of likely N-dealkylation sites (tertiary alicyclic amines) is 1. The van der Waals surface area contributed by atoms with Gasteiger partial charge in [0.15, 0.2) is 0 Å². The normalized spacial score (nSPS) is 23.2. The third-order valence-corrected chi connectivity index (χ3v) is 3.92. The highest BCUT2D eigenvalue weighted by molar-refractivity contribution is 5.81. The minimum absolute atomic E-state index is 0.121. The molecule has 2 N–H and O–H groups in total. The van der Waals surface area contributed by atoms with Crippen LogP contribution in [0.3, 0.4) is 0 Å². The smallest absolute Gasteiger partial charge is 0.235 e. The molecule has 2 aliphatic heterocycles. The summed E-state index contributed by atoms with van der Waals surface area (Å²) in [6.45, 7) is 3.54. The van der Waals surface area contributed by atoms with Gasteiger partial charge in [-0.1, -0.05) is 30.3 Å². The molecule has 96 valence electrons. The molecule has 4 heteroatoms. The lowest BCUT2D eigenvalue weighted by molar-refractivity contribution is -0.119. The lowest BCUT2D eigenvalue weighted by Crippen LogP contribution is -2.56. The Hall–Kier alpha value is -1.39. The predicted octanol–water partition coefficient (Wildman–Crippen LogP) is 0.698. The van der Waals surface area contributed by atoms with Crippen molar-refractivity contribution in [3.05, 3.63) is 35.9 Å². The maximum absolute atomic E-state index is 11.3. The number of hydrogen-bond acceptors (Lipinski definition) is 3. The van der Waals surface area contributed by atoms with Crippen LogP contribution in [-0.2, 0) is 11.3 Å². The van der Waals surface area contributed by atoms with Crippen molar-refractivity contribution in [1.82, 2.24) is 15.5 Å². The molecule has 1 aromatic carbocycles. The van der Waals surface area contributed by atoms with Crippen molar-refractivity contribution >= 4 is 5.91 Å². The molecule has 0 aromatic heterocycles. The second-order valence-corrected chi connectivity index (χ2v) is 5.25. The summed E-state index contributed by atoms with van der Waals surface area (Å²) >= 11 is 0. The lowest BCUT2D eigenvalue weighted by atomic mass is 9.97. The Morgan fingerprint density at radius 2 is 1.89 bits per heavy atom. The van der Waals surface area contributed by atoms with E-state index in [0.29, 0.717) is 6.54 Å². The molecule has 0 bridgehead atoms. The van der Waals surface area contributed by atoms with E-state index in [1.54, 1.807) is 0 Å². The van der Waals surface area contributed by atoms with E-state index in [1.807, 2.05) is 6.07 Å². The van der Waals surface area contributed by atoms with Crippen LogP contribution in [0.4, 0.5) is 0 Å². The van der Waals surface area contributed by atoms with Crippen molar-refractivity contribution in [2.75, 3.05) is 19.6 Å². The van der Waals surface area contributed by atoms with Crippen LogP contribution >= 0.6 is 0 Å². The van der Waals surface area contributed by atoms with E-state index in [-0.39, 0.29) is 11.6 Å². The fraction of sp³-hybridized carbons (Fsp3) is 0.500. The SMILES string of the molecule is O=C1CNC2(CCN(Cc3ccccc3)CC2)N1. The first kappa shape index (κ1) is 11.7. The fourth-order valence-corrected chi connectivity index (χ4v) is 2.84. The molecule has 2 saturated heterocycles. The zero-order chi connectivity index (χ0) is 12.4. The van der Waals surface area contributed by atoms with Crippen molar-refractivity contribution in [3.63, 3.8) is 0 Å². The standard InChI is InChI=1S/C14H19N3O/c18-13-10-15-14(16-13)6-8-17(9-7-14)11-12-4-2-1-3-5-12/h1-5,15H,6-11H2,(H,16,18). The summed E-state index contributed by atoms with van der Waals surface area (Å²) in [5.74, 6) is 0.131. The van der Waals surface area contributed by atoms with Crippen LogP contribution in [-0.4, -0.2) is 36.1 Å². The molecule has 4 nitrogen and oxygen atoms in total. The zero-order valence-corrected chi connectivity index (χ0v) is 10.5. The first-order valence-electron chi connectivity index (χ1n) is 6.58. The summed E-state index contributed by atoms with van der Waals surface area (Å²) in [5, 5.41) is 6.40. The number of rotatable bonds is 2. The van der Waals surface area contributed by atoms with Gasteiger partial charge in [0.2, 0.25) is 5.91 Å². The molecule has 2 aliphatic rings. The molecule has 1 spiro atoms. The first-order chi connectivity index (χ1) is 8.76. The van der Waals surface area contributed by atoms with Crippen LogP contribution < -0.4 is 10.6 Å². The van der Waals surface area contributed by atoms with Gasteiger partial charge in [-0.3, -0.25) is 15.0 Å². The number of nitrogens with zero attached hydrogens (tertiary/aromatic N) is 1. The van der Waals surface area contributed by atoms with Gasteiger partial charge < -0.3 is 5.32 Å². The molecule has 18 heavy (non-hydrogen) atoms. The number of benzene rings is 1. The topological polar surface area (TPSA) is 44.4 Å². The highest BCUT2D eigenvalue weighted by Gasteiger charge is 2.39. The summed E-state index contributed by atoms with van der Waals surface area (Å²) < 4.78 is 0. The largest absolute Gasteiger partial charge is 0.337 e. The van der Waals surface area contributed by atoms with E-state index in [0.717, 1.165) is 32.5 Å². The lowest BCUT2D eigenvalue weighted by Gasteiger charge is -2.39. The second kappa shape index (κ2) is 4.71. The van der Waals surface area contributed by atoms with Crippen molar-refractivity contribution in [3.8, 4) is 0 Å². The quantitative estimate of drug-likeness (QED) is 0.806. The molecule has 0 aliphatic carbocycles. The van der Waals surface area contributed by atoms with Crippen LogP contribution in [0, 0.1) is 0 Å². The number of amides is 1. The number of nitrogens with one attached hydrogen (secondary N) is 2. The van der Waals surface area contributed by atoms with E-state index in [4.69, 9.17) is 0 Å². The van der Waals surface area contributed by atoms with Crippen LogP contribution in [0.25, 0.3) is 0 Å². The third-order valence-electron chi connectivity index (χ3n) is 3.92. The van der Waals surface area contributed by atoms with E-state index in [1.165, 1.54) is 5.56 Å². The zero-order valence-electron chi connectivity index (χ0n) is 10.5. The van der Waals surface area contributed by atoms with Gasteiger partial charge in [-0.05, 0) is 18.4 Å². The number of carbonyl (C=O) groups is 1. The molecule has 0 radical (unpaired) electrons. The molecule has 0 saturated carbocycles. The summed E-state index contributed by atoms with van der Waals surface area (Å²) in [6.07, 6.45) is 1.98. The van der Waals surface area contributed by atoms with Gasteiger partial charge in [-0.15, -0.1) is 0 Å². The monoisotopic (exact) mass is 245 g/mol. The number of hydrogen-bond donors (Lipinski definition) is 2. The Balaban J connectivity index is 1.56. The molecule has 2 fully saturated rings.